The first-order valence-corrected chi connectivity index (χ1v) is 9.88. The number of anilines is 1. The van der Waals surface area contributed by atoms with Gasteiger partial charge in [0.05, 0.1) is 0 Å². The Kier molecular flexibility index (Phi) is 5.49. The molecular formula is C24H22N4O3. The number of nitrogens with zero attached hydrogens (tertiary/aromatic N) is 3. The van der Waals surface area contributed by atoms with E-state index < -0.39 is 0 Å². The third-order valence-corrected chi connectivity index (χ3v) is 5.09. The van der Waals surface area contributed by atoms with Gasteiger partial charge in [-0.3, -0.25) is 9.59 Å². The molecule has 2 aromatic heterocycles. The molecule has 7 nitrogen and oxygen atoms in total. The fraction of sp³-hybridized carbons (Fsp3) is 0.167. The molecule has 0 saturated carbocycles. The summed E-state index contributed by atoms with van der Waals surface area (Å²) in [6, 6.07) is 16.7. The minimum atomic E-state index is -0.378. The highest BCUT2D eigenvalue weighted by Crippen LogP contribution is 2.20. The highest BCUT2D eigenvalue weighted by Gasteiger charge is 2.16. The zero-order valence-electron chi connectivity index (χ0n) is 17.5. The molecule has 0 radical (unpaired) electrons. The fourth-order valence-corrected chi connectivity index (χ4v) is 3.15. The maximum Gasteiger partial charge on any atom is 0.263 e. The number of amides is 1. The van der Waals surface area contributed by atoms with Crippen LogP contribution in [0.5, 0.6) is 0 Å². The molecule has 2 aromatic carbocycles. The molecule has 0 bridgehead atoms. The van der Waals surface area contributed by atoms with Crippen molar-refractivity contribution in [1.82, 2.24) is 14.7 Å². The second-order valence-electron chi connectivity index (χ2n) is 7.49. The van der Waals surface area contributed by atoms with Crippen molar-refractivity contribution < 1.29 is 9.32 Å². The van der Waals surface area contributed by atoms with E-state index in [0.717, 1.165) is 22.3 Å². The van der Waals surface area contributed by atoms with Crippen LogP contribution < -0.4 is 10.9 Å². The predicted octanol–water partition coefficient (Wildman–Crippen LogP) is 4.13. The molecular weight excluding hydrogens is 392 g/mol. The second-order valence-corrected chi connectivity index (χ2v) is 7.49. The van der Waals surface area contributed by atoms with E-state index in [1.807, 2.05) is 63.2 Å². The van der Waals surface area contributed by atoms with Gasteiger partial charge in [0.15, 0.2) is 0 Å². The van der Waals surface area contributed by atoms with Crippen LogP contribution >= 0.6 is 0 Å². The van der Waals surface area contributed by atoms with Crippen molar-refractivity contribution in [1.29, 1.82) is 0 Å². The van der Waals surface area contributed by atoms with Crippen LogP contribution in [-0.2, 0) is 11.3 Å². The molecule has 156 valence electrons. The van der Waals surface area contributed by atoms with Gasteiger partial charge in [-0.15, -0.1) is 0 Å². The molecule has 0 atom stereocenters. The van der Waals surface area contributed by atoms with E-state index in [4.69, 9.17) is 4.52 Å². The fourth-order valence-electron chi connectivity index (χ4n) is 3.15. The van der Waals surface area contributed by atoms with Crippen molar-refractivity contribution in [3.63, 3.8) is 0 Å². The van der Waals surface area contributed by atoms with Gasteiger partial charge < -0.3 is 14.4 Å². The lowest BCUT2D eigenvalue weighted by Gasteiger charge is -2.09. The molecule has 7 heteroatoms. The van der Waals surface area contributed by atoms with E-state index in [9.17, 15) is 9.59 Å². The number of hydrogen-bond donors (Lipinski definition) is 1. The summed E-state index contributed by atoms with van der Waals surface area (Å²) in [5, 5.41) is 6.81. The number of carbonyl (C=O) groups excluding carboxylic acids is 1. The third kappa shape index (κ3) is 4.45. The zero-order valence-corrected chi connectivity index (χ0v) is 17.5. The summed E-state index contributed by atoms with van der Waals surface area (Å²) >= 11 is 0. The monoisotopic (exact) mass is 414 g/mol. The summed E-state index contributed by atoms with van der Waals surface area (Å²) in [4.78, 5) is 29.7. The molecule has 0 saturated heterocycles. The molecule has 4 aromatic rings. The largest absolute Gasteiger partial charge is 0.333 e. The number of benzene rings is 2. The van der Waals surface area contributed by atoms with Gasteiger partial charge in [0.2, 0.25) is 11.7 Å². The SMILES string of the molecule is Cc1ccc(-c2noc(-c3cccn(CC(=O)Nc4ccc(C)c(C)c4)c3=O)n2)cc1. The predicted molar refractivity (Wildman–Crippen MR) is 119 cm³/mol. The smallest absolute Gasteiger partial charge is 0.263 e. The number of carbonyl (C=O) groups is 1. The van der Waals surface area contributed by atoms with Gasteiger partial charge in [0.25, 0.3) is 11.4 Å². The van der Waals surface area contributed by atoms with Crippen molar-refractivity contribution in [2.45, 2.75) is 27.3 Å². The maximum absolute atomic E-state index is 12.9. The number of pyridine rings is 1. The minimum absolute atomic E-state index is 0.115. The molecule has 1 N–H and O–H groups in total. The lowest BCUT2D eigenvalue weighted by Crippen LogP contribution is -2.28. The van der Waals surface area contributed by atoms with Crippen LogP contribution in [0.3, 0.4) is 0 Å². The number of nitrogens with one attached hydrogen (secondary N) is 1. The molecule has 0 unspecified atom stereocenters. The van der Waals surface area contributed by atoms with E-state index >= 15 is 0 Å². The topological polar surface area (TPSA) is 90.0 Å². The zero-order chi connectivity index (χ0) is 22.0. The normalized spacial score (nSPS) is 10.8. The Morgan fingerprint density at radius 1 is 1.03 bits per heavy atom. The van der Waals surface area contributed by atoms with Crippen LogP contribution in [0.4, 0.5) is 5.69 Å². The molecule has 0 aliphatic carbocycles. The van der Waals surface area contributed by atoms with Crippen LogP contribution in [0, 0.1) is 20.8 Å². The van der Waals surface area contributed by atoms with Gasteiger partial charge in [-0.05, 0) is 56.2 Å². The highest BCUT2D eigenvalue weighted by atomic mass is 16.5. The van der Waals surface area contributed by atoms with Gasteiger partial charge in [-0.25, -0.2) is 0 Å². The Bertz CT molecular complexity index is 1300. The van der Waals surface area contributed by atoms with Crippen LogP contribution in [-0.4, -0.2) is 20.6 Å². The molecule has 31 heavy (non-hydrogen) atoms. The van der Waals surface area contributed by atoms with Crippen molar-refractivity contribution >= 4 is 11.6 Å². The van der Waals surface area contributed by atoms with E-state index in [1.165, 1.54) is 4.57 Å². The number of aromatic nitrogens is 3. The summed E-state index contributed by atoms with van der Waals surface area (Å²) in [5.74, 6) is 0.218. The summed E-state index contributed by atoms with van der Waals surface area (Å²) in [5.41, 5.74) is 4.70. The van der Waals surface area contributed by atoms with Gasteiger partial charge >= 0.3 is 0 Å². The summed E-state index contributed by atoms with van der Waals surface area (Å²) in [6.45, 7) is 5.86. The molecule has 1 amide bonds. The number of aryl methyl sites for hydroxylation is 3. The van der Waals surface area contributed by atoms with E-state index in [1.54, 1.807) is 18.3 Å². The molecule has 0 fully saturated rings. The summed E-state index contributed by atoms with van der Waals surface area (Å²) < 4.78 is 6.64. The number of hydrogen-bond acceptors (Lipinski definition) is 5. The van der Waals surface area contributed by atoms with E-state index in [2.05, 4.69) is 15.5 Å². The van der Waals surface area contributed by atoms with Gasteiger partial charge in [-0.1, -0.05) is 41.1 Å². The standard InChI is InChI=1S/C24H22N4O3/c1-15-6-9-18(10-7-15)22-26-23(31-27-22)20-5-4-12-28(24(20)30)14-21(29)25-19-11-8-16(2)17(3)13-19/h4-13H,14H2,1-3H3,(H,25,29). The molecule has 2 heterocycles. The van der Waals surface area contributed by atoms with Crippen molar-refractivity contribution in [2.24, 2.45) is 0 Å². The van der Waals surface area contributed by atoms with Crippen molar-refractivity contribution in [3.05, 3.63) is 87.8 Å². The Balaban J connectivity index is 1.54. The second kappa shape index (κ2) is 8.39. The third-order valence-electron chi connectivity index (χ3n) is 5.09. The van der Waals surface area contributed by atoms with Gasteiger partial charge in [-0.2, -0.15) is 4.98 Å². The lowest BCUT2D eigenvalue weighted by atomic mass is 10.1. The number of rotatable bonds is 5. The highest BCUT2D eigenvalue weighted by molar-refractivity contribution is 5.90. The van der Waals surface area contributed by atoms with Gasteiger partial charge in [0.1, 0.15) is 12.1 Å². The molecule has 0 aliphatic heterocycles. The molecule has 0 spiro atoms. The van der Waals surface area contributed by atoms with E-state index in [-0.39, 0.29) is 29.5 Å². The van der Waals surface area contributed by atoms with Crippen LogP contribution in [0.25, 0.3) is 22.8 Å². The van der Waals surface area contributed by atoms with Crippen LogP contribution in [0.1, 0.15) is 16.7 Å². The van der Waals surface area contributed by atoms with Crippen molar-refractivity contribution in [3.8, 4) is 22.8 Å². The first-order valence-electron chi connectivity index (χ1n) is 9.88. The average molecular weight is 414 g/mol. The quantitative estimate of drug-likeness (QED) is 0.530. The van der Waals surface area contributed by atoms with Gasteiger partial charge in [0, 0.05) is 17.4 Å². The lowest BCUT2D eigenvalue weighted by molar-refractivity contribution is -0.116. The summed E-state index contributed by atoms with van der Waals surface area (Å²) in [7, 11) is 0. The Morgan fingerprint density at radius 2 is 1.81 bits per heavy atom. The first kappa shape index (κ1) is 20.3. The van der Waals surface area contributed by atoms with Crippen molar-refractivity contribution in [2.75, 3.05) is 5.32 Å². The molecule has 0 aliphatic rings. The minimum Gasteiger partial charge on any atom is -0.333 e. The van der Waals surface area contributed by atoms with E-state index in [0.29, 0.717) is 11.5 Å². The molecule has 4 rings (SSSR count). The maximum atomic E-state index is 12.9. The average Bonchev–Trinajstić information content (AvgIpc) is 3.23. The Labute approximate surface area is 179 Å². The first-order chi connectivity index (χ1) is 14.9. The van der Waals surface area contributed by atoms with Crippen LogP contribution in [0.2, 0.25) is 0 Å². The Hall–Kier alpha value is -4.00. The summed E-state index contributed by atoms with van der Waals surface area (Å²) in [6.07, 6.45) is 1.56. The van der Waals surface area contributed by atoms with Crippen LogP contribution in [0.15, 0.2) is 70.1 Å². The Morgan fingerprint density at radius 3 is 2.55 bits per heavy atom.